The Morgan fingerprint density at radius 3 is 2.27 bits per heavy atom. The maximum absolute atomic E-state index is 6.18. The van der Waals surface area contributed by atoms with Gasteiger partial charge in [-0.05, 0) is 42.5 Å². The fourth-order valence-electron chi connectivity index (χ4n) is 4.78. The summed E-state index contributed by atoms with van der Waals surface area (Å²) in [7, 11) is 0. The number of anilines is 1. The van der Waals surface area contributed by atoms with Crippen molar-refractivity contribution in [2.75, 3.05) is 5.73 Å². The van der Waals surface area contributed by atoms with Gasteiger partial charge in [-0.2, -0.15) is 0 Å². The number of benzene rings is 4. The summed E-state index contributed by atoms with van der Waals surface area (Å²) in [5.41, 5.74) is 13.3. The average molecular weight is 426 g/mol. The minimum atomic E-state index is 0.232. The van der Waals surface area contributed by atoms with Gasteiger partial charge >= 0.3 is 0 Å². The Bertz CT molecular complexity index is 1830. The van der Waals surface area contributed by atoms with E-state index in [0.717, 1.165) is 44.2 Å². The molecule has 3 heterocycles. The summed E-state index contributed by atoms with van der Waals surface area (Å²) in [6.45, 7) is 0. The van der Waals surface area contributed by atoms with E-state index in [1.54, 1.807) is 0 Å². The third-order valence-electron chi connectivity index (χ3n) is 6.20. The zero-order valence-corrected chi connectivity index (χ0v) is 17.6. The van der Waals surface area contributed by atoms with Gasteiger partial charge < -0.3 is 14.7 Å². The first-order valence-electron chi connectivity index (χ1n) is 10.8. The number of furan rings is 1. The Morgan fingerprint density at radius 1 is 0.667 bits per heavy atom. The molecule has 156 valence electrons. The number of aromatic nitrogens is 3. The molecule has 0 unspecified atom stereocenters. The summed E-state index contributed by atoms with van der Waals surface area (Å²) in [5, 5.41) is 3.26. The molecule has 7 rings (SSSR count). The molecule has 2 N–H and O–H groups in total. The van der Waals surface area contributed by atoms with Crippen molar-refractivity contribution in [2.45, 2.75) is 0 Å². The number of nitrogens with two attached hydrogens (primary N) is 1. The number of rotatable bonds is 2. The number of fused-ring (bicyclic) bond motifs is 6. The fraction of sp³-hybridized carbons (Fsp3) is 0. The Kier molecular flexibility index (Phi) is 3.64. The third kappa shape index (κ3) is 2.59. The molecule has 0 saturated heterocycles. The smallest absolute Gasteiger partial charge is 0.221 e. The third-order valence-corrected chi connectivity index (χ3v) is 6.20. The van der Waals surface area contributed by atoms with Crippen molar-refractivity contribution in [3.8, 4) is 16.9 Å². The monoisotopic (exact) mass is 426 g/mol. The van der Waals surface area contributed by atoms with Crippen molar-refractivity contribution in [1.29, 1.82) is 0 Å². The molecule has 0 fully saturated rings. The minimum Gasteiger partial charge on any atom is -0.452 e. The molecule has 0 bridgehead atoms. The van der Waals surface area contributed by atoms with Crippen molar-refractivity contribution >= 4 is 49.8 Å². The zero-order valence-electron chi connectivity index (χ0n) is 17.6. The van der Waals surface area contributed by atoms with E-state index in [4.69, 9.17) is 10.2 Å². The molecule has 5 heteroatoms. The molecule has 0 radical (unpaired) electrons. The molecule has 0 aliphatic heterocycles. The SMILES string of the molecule is Nc1nc(-c2ccc3c(c2)c2ccccc2n3-c2ccccc2)c2oc3ccccc3c2n1. The largest absolute Gasteiger partial charge is 0.452 e. The second-order valence-electron chi connectivity index (χ2n) is 8.13. The molecule has 0 aliphatic carbocycles. The molecule has 0 aliphatic rings. The van der Waals surface area contributed by atoms with Crippen LogP contribution in [0.25, 0.3) is 60.8 Å². The van der Waals surface area contributed by atoms with Crippen molar-refractivity contribution < 1.29 is 4.42 Å². The Hall–Kier alpha value is -4.64. The second-order valence-corrected chi connectivity index (χ2v) is 8.13. The summed E-state index contributed by atoms with van der Waals surface area (Å²) >= 11 is 0. The molecular weight excluding hydrogens is 408 g/mol. The van der Waals surface area contributed by atoms with Crippen molar-refractivity contribution in [3.63, 3.8) is 0 Å². The van der Waals surface area contributed by atoms with E-state index in [2.05, 4.69) is 81.3 Å². The van der Waals surface area contributed by atoms with Gasteiger partial charge in [0.1, 0.15) is 16.8 Å². The lowest BCUT2D eigenvalue weighted by Crippen LogP contribution is -1.97. The first kappa shape index (κ1) is 18.0. The summed E-state index contributed by atoms with van der Waals surface area (Å²) in [4.78, 5) is 9.06. The molecule has 7 aromatic rings. The van der Waals surface area contributed by atoms with Crippen LogP contribution in [0.2, 0.25) is 0 Å². The fourth-order valence-corrected chi connectivity index (χ4v) is 4.78. The van der Waals surface area contributed by atoms with Crippen LogP contribution in [-0.2, 0) is 0 Å². The van der Waals surface area contributed by atoms with Gasteiger partial charge in [-0.1, -0.05) is 54.6 Å². The lowest BCUT2D eigenvalue weighted by atomic mass is 10.1. The van der Waals surface area contributed by atoms with Crippen LogP contribution in [0, 0.1) is 0 Å². The Balaban J connectivity index is 1.55. The first-order valence-corrected chi connectivity index (χ1v) is 10.8. The second kappa shape index (κ2) is 6.68. The summed E-state index contributed by atoms with van der Waals surface area (Å²) in [6.07, 6.45) is 0. The molecule has 0 amide bonds. The van der Waals surface area contributed by atoms with E-state index >= 15 is 0 Å². The van der Waals surface area contributed by atoms with Gasteiger partial charge in [0, 0.05) is 27.4 Å². The van der Waals surface area contributed by atoms with E-state index in [1.807, 2.05) is 30.3 Å². The number of hydrogen-bond donors (Lipinski definition) is 1. The molecule has 0 spiro atoms. The highest BCUT2D eigenvalue weighted by molar-refractivity contribution is 6.12. The number of hydrogen-bond acceptors (Lipinski definition) is 4. The molecule has 0 atom stereocenters. The minimum absolute atomic E-state index is 0.232. The van der Waals surface area contributed by atoms with Crippen LogP contribution < -0.4 is 5.73 Å². The van der Waals surface area contributed by atoms with E-state index < -0.39 is 0 Å². The molecule has 4 aromatic carbocycles. The van der Waals surface area contributed by atoms with Crippen LogP contribution >= 0.6 is 0 Å². The lowest BCUT2D eigenvalue weighted by Gasteiger charge is -2.08. The highest BCUT2D eigenvalue weighted by Crippen LogP contribution is 2.38. The van der Waals surface area contributed by atoms with E-state index in [0.29, 0.717) is 11.3 Å². The van der Waals surface area contributed by atoms with Gasteiger partial charge in [0.15, 0.2) is 5.58 Å². The van der Waals surface area contributed by atoms with E-state index in [9.17, 15) is 0 Å². The normalized spacial score (nSPS) is 11.8. The highest BCUT2D eigenvalue weighted by atomic mass is 16.3. The summed E-state index contributed by atoms with van der Waals surface area (Å²) < 4.78 is 8.47. The van der Waals surface area contributed by atoms with Gasteiger partial charge in [-0.25, -0.2) is 9.97 Å². The molecule has 5 nitrogen and oxygen atoms in total. The average Bonchev–Trinajstić information content (AvgIpc) is 3.39. The maximum Gasteiger partial charge on any atom is 0.221 e. The lowest BCUT2D eigenvalue weighted by molar-refractivity contribution is 0.667. The molecule has 33 heavy (non-hydrogen) atoms. The van der Waals surface area contributed by atoms with Gasteiger partial charge in [0.2, 0.25) is 5.95 Å². The van der Waals surface area contributed by atoms with Crippen molar-refractivity contribution in [3.05, 3.63) is 97.1 Å². The standard InChI is InChI=1S/C28H18N4O/c29-28-30-25(27-26(31-28)20-11-5-7-13-24(20)33-27)17-14-15-23-21(16-17)19-10-4-6-12-22(19)32(23)18-8-2-1-3-9-18/h1-16H,(H2,29,30,31). The quantitative estimate of drug-likeness (QED) is 0.333. The molecule has 0 saturated carbocycles. The van der Waals surface area contributed by atoms with Crippen LogP contribution in [0.4, 0.5) is 5.95 Å². The van der Waals surface area contributed by atoms with Gasteiger partial charge in [0.25, 0.3) is 0 Å². The highest BCUT2D eigenvalue weighted by Gasteiger charge is 2.18. The Morgan fingerprint density at radius 2 is 1.39 bits per heavy atom. The topological polar surface area (TPSA) is 69.9 Å². The number of para-hydroxylation sites is 3. The Labute approximate surface area is 188 Å². The predicted molar refractivity (Wildman–Crippen MR) is 133 cm³/mol. The summed E-state index contributed by atoms with van der Waals surface area (Å²) in [5.74, 6) is 0.232. The summed E-state index contributed by atoms with van der Waals surface area (Å²) in [6, 6.07) is 33.1. The van der Waals surface area contributed by atoms with Crippen molar-refractivity contribution in [1.82, 2.24) is 14.5 Å². The van der Waals surface area contributed by atoms with E-state index in [1.165, 1.54) is 5.39 Å². The van der Waals surface area contributed by atoms with Crippen LogP contribution in [0.1, 0.15) is 0 Å². The molecule has 3 aromatic heterocycles. The zero-order chi connectivity index (χ0) is 21.9. The first-order chi connectivity index (χ1) is 16.3. The maximum atomic E-state index is 6.18. The number of nitrogen functional groups attached to an aromatic ring is 1. The van der Waals surface area contributed by atoms with Gasteiger partial charge in [0.05, 0.1) is 11.0 Å². The van der Waals surface area contributed by atoms with Gasteiger partial charge in [-0.3, -0.25) is 0 Å². The predicted octanol–water partition coefficient (Wildman–Crippen LogP) is 6.72. The number of nitrogens with zero attached hydrogens (tertiary/aromatic N) is 3. The van der Waals surface area contributed by atoms with Crippen LogP contribution in [0.3, 0.4) is 0 Å². The van der Waals surface area contributed by atoms with Gasteiger partial charge in [-0.15, -0.1) is 0 Å². The van der Waals surface area contributed by atoms with Crippen molar-refractivity contribution in [2.24, 2.45) is 0 Å². The van der Waals surface area contributed by atoms with Crippen LogP contribution in [0.5, 0.6) is 0 Å². The van der Waals surface area contributed by atoms with E-state index in [-0.39, 0.29) is 5.95 Å². The molecular formula is C28H18N4O. The van der Waals surface area contributed by atoms with Crippen LogP contribution in [-0.4, -0.2) is 14.5 Å². The van der Waals surface area contributed by atoms with Crippen LogP contribution in [0.15, 0.2) is 101 Å².